The van der Waals surface area contributed by atoms with Gasteiger partial charge in [-0.2, -0.15) is 4.31 Å². The highest BCUT2D eigenvalue weighted by Crippen LogP contribution is 2.19. The van der Waals surface area contributed by atoms with Crippen molar-refractivity contribution in [1.82, 2.24) is 14.5 Å². The van der Waals surface area contributed by atoms with Crippen molar-refractivity contribution < 1.29 is 22.9 Å². The third kappa shape index (κ3) is 3.71. The number of quaternary nitrogens is 1. The number of hydrogen-bond acceptors (Lipinski definition) is 4. The number of amides is 3. The minimum Gasteiger partial charge on any atom is -0.336 e. The zero-order valence-electron chi connectivity index (χ0n) is 14.4. The van der Waals surface area contributed by atoms with Crippen LogP contribution in [0.3, 0.4) is 0 Å². The molecule has 2 aliphatic rings. The standard InChI is InChI=1S/C16H21ClN4O4S/c1-12(15(22)21-6-5-18-16(21)23)19-7-9-20(10-8-19)26(24,25)14-4-2-3-13(17)11-14/h2-4,11-12H,5-10H2,1H3,(H,18,23)/p+1/t12-/m1/s1. The molecule has 0 radical (unpaired) electrons. The summed E-state index contributed by atoms with van der Waals surface area (Å²) in [6.07, 6.45) is 0. The van der Waals surface area contributed by atoms with E-state index in [1.807, 2.05) is 0 Å². The molecule has 2 aliphatic heterocycles. The van der Waals surface area contributed by atoms with Gasteiger partial charge in [-0.25, -0.2) is 13.2 Å². The van der Waals surface area contributed by atoms with E-state index in [2.05, 4.69) is 5.32 Å². The molecule has 10 heteroatoms. The number of urea groups is 1. The van der Waals surface area contributed by atoms with Crippen LogP contribution in [0.5, 0.6) is 0 Å². The van der Waals surface area contributed by atoms with Crippen molar-refractivity contribution in [3.8, 4) is 0 Å². The number of imide groups is 1. The third-order valence-electron chi connectivity index (χ3n) is 4.90. The van der Waals surface area contributed by atoms with E-state index in [4.69, 9.17) is 11.6 Å². The van der Waals surface area contributed by atoms with Gasteiger partial charge in [-0.1, -0.05) is 17.7 Å². The molecule has 3 amide bonds. The van der Waals surface area contributed by atoms with Crippen LogP contribution in [-0.4, -0.2) is 74.9 Å². The largest absolute Gasteiger partial charge is 0.336 e. The van der Waals surface area contributed by atoms with Crippen LogP contribution in [0.1, 0.15) is 6.92 Å². The van der Waals surface area contributed by atoms with Gasteiger partial charge in [-0.15, -0.1) is 0 Å². The number of carbonyl (C=O) groups excluding carboxylic acids is 2. The molecule has 0 unspecified atom stereocenters. The molecular weight excluding hydrogens is 380 g/mol. The first-order chi connectivity index (χ1) is 12.3. The summed E-state index contributed by atoms with van der Waals surface area (Å²) in [5.41, 5.74) is 0. The predicted molar refractivity (Wildman–Crippen MR) is 95.5 cm³/mol. The first kappa shape index (κ1) is 19.1. The van der Waals surface area contributed by atoms with Crippen molar-refractivity contribution in [1.29, 1.82) is 0 Å². The number of benzene rings is 1. The van der Waals surface area contributed by atoms with Gasteiger partial charge < -0.3 is 10.2 Å². The van der Waals surface area contributed by atoms with Gasteiger partial charge in [0.2, 0.25) is 10.0 Å². The molecule has 1 atom stereocenters. The molecule has 1 aromatic rings. The average Bonchev–Trinajstić information content (AvgIpc) is 3.06. The normalized spacial score (nSPS) is 20.8. The monoisotopic (exact) mass is 401 g/mol. The summed E-state index contributed by atoms with van der Waals surface area (Å²) in [5.74, 6) is -0.221. The smallest absolute Gasteiger partial charge is 0.324 e. The molecule has 2 fully saturated rings. The van der Waals surface area contributed by atoms with E-state index in [0.717, 1.165) is 4.90 Å². The topological polar surface area (TPSA) is 91.2 Å². The van der Waals surface area contributed by atoms with Gasteiger partial charge in [0.1, 0.15) is 0 Å². The van der Waals surface area contributed by atoms with Crippen molar-refractivity contribution in [2.75, 3.05) is 39.3 Å². The van der Waals surface area contributed by atoms with Crippen LogP contribution in [0.4, 0.5) is 4.79 Å². The van der Waals surface area contributed by atoms with Crippen LogP contribution in [0.2, 0.25) is 5.02 Å². The van der Waals surface area contributed by atoms with E-state index in [-0.39, 0.29) is 16.8 Å². The molecule has 0 aliphatic carbocycles. The van der Waals surface area contributed by atoms with E-state index in [1.54, 1.807) is 19.1 Å². The van der Waals surface area contributed by atoms with Crippen molar-refractivity contribution >= 4 is 33.6 Å². The second-order valence-electron chi connectivity index (χ2n) is 6.46. The zero-order chi connectivity index (χ0) is 18.9. The van der Waals surface area contributed by atoms with Gasteiger partial charge >= 0.3 is 6.03 Å². The summed E-state index contributed by atoms with van der Waals surface area (Å²) >= 11 is 5.90. The second kappa shape index (κ2) is 7.51. The summed E-state index contributed by atoms with van der Waals surface area (Å²) in [7, 11) is -3.60. The number of nitrogens with one attached hydrogen (secondary N) is 2. The van der Waals surface area contributed by atoms with E-state index < -0.39 is 16.1 Å². The Morgan fingerprint density at radius 2 is 1.96 bits per heavy atom. The Morgan fingerprint density at radius 1 is 1.27 bits per heavy atom. The summed E-state index contributed by atoms with van der Waals surface area (Å²) in [4.78, 5) is 26.5. The molecule has 3 rings (SSSR count). The van der Waals surface area contributed by atoms with Crippen LogP contribution in [0.25, 0.3) is 0 Å². The minimum atomic E-state index is -3.60. The fourth-order valence-corrected chi connectivity index (χ4v) is 5.06. The Balaban J connectivity index is 1.63. The van der Waals surface area contributed by atoms with Crippen molar-refractivity contribution in [2.45, 2.75) is 17.9 Å². The molecule has 2 N–H and O–H groups in total. The Hall–Kier alpha value is -1.68. The number of hydrogen-bond donors (Lipinski definition) is 2. The number of sulfonamides is 1. The Bertz CT molecular complexity index is 808. The molecule has 8 nitrogen and oxygen atoms in total. The number of rotatable bonds is 4. The van der Waals surface area contributed by atoms with Crippen LogP contribution in [0.15, 0.2) is 29.2 Å². The van der Waals surface area contributed by atoms with Crippen molar-refractivity contribution in [3.05, 3.63) is 29.3 Å². The van der Waals surface area contributed by atoms with E-state index in [1.165, 1.54) is 21.3 Å². The first-order valence-corrected chi connectivity index (χ1v) is 10.3. The van der Waals surface area contributed by atoms with Gasteiger partial charge in [-0.05, 0) is 25.1 Å². The van der Waals surface area contributed by atoms with E-state index >= 15 is 0 Å². The van der Waals surface area contributed by atoms with E-state index in [9.17, 15) is 18.0 Å². The van der Waals surface area contributed by atoms with Crippen LogP contribution >= 0.6 is 11.6 Å². The summed E-state index contributed by atoms with van der Waals surface area (Å²) in [6, 6.07) is 5.45. The predicted octanol–water partition coefficient (Wildman–Crippen LogP) is -0.830. The Morgan fingerprint density at radius 3 is 2.54 bits per heavy atom. The van der Waals surface area contributed by atoms with Crippen molar-refractivity contribution in [3.63, 3.8) is 0 Å². The number of carbonyl (C=O) groups is 2. The molecule has 0 saturated carbocycles. The van der Waals surface area contributed by atoms with Gasteiger partial charge in [-0.3, -0.25) is 9.69 Å². The molecule has 0 aromatic heterocycles. The maximum atomic E-state index is 12.7. The average molecular weight is 402 g/mol. The molecule has 26 heavy (non-hydrogen) atoms. The Labute approximate surface area is 157 Å². The lowest BCUT2D eigenvalue weighted by molar-refractivity contribution is -0.917. The lowest BCUT2D eigenvalue weighted by atomic mass is 10.2. The maximum Gasteiger partial charge on any atom is 0.324 e. The van der Waals surface area contributed by atoms with Crippen molar-refractivity contribution in [2.24, 2.45) is 0 Å². The summed E-state index contributed by atoms with van der Waals surface area (Å²) < 4.78 is 26.9. The van der Waals surface area contributed by atoms with Gasteiger partial charge in [0.15, 0.2) is 6.04 Å². The molecule has 2 saturated heterocycles. The van der Waals surface area contributed by atoms with Crippen LogP contribution < -0.4 is 10.2 Å². The number of piperazine rings is 1. The number of nitrogens with zero attached hydrogens (tertiary/aromatic N) is 2. The summed E-state index contributed by atoms with van der Waals surface area (Å²) in [6.45, 7) is 4.26. The highest BCUT2D eigenvalue weighted by atomic mass is 35.5. The molecular formula is C16H22ClN4O4S+. The third-order valence-corrected chi connectivity index (χ3v) is 7.03. The maximum absolute atomic E-state index is 12.7. The highest BCUT2D eigenvalue weighted by molar-refractivity contribution is 7.89. The van der Waals surface area contributed by atoms with Gasteiger partial charge in [0, 0.05) is 18.1 Å². The quantitative estimate of drug-likeness (QED) is 0.689. The second-order valence-corrected chi connectivity index (χ2v) is 8.84. The fraction of sp³-hybridized carbons (Fsp3) is 0.500. The molecule has 1 aromatic carbocycles. The van der Waals surface area contributed by atoms with Gasteiger partial charge in [0.25, 0.3) is 5.91 Å². The van der Waals surface area contributed by atoms with Crippen LogP contribution in [0, 0.1) is 0 Å². The van der Waals surface area contributed by atoms with E-state index in [0.29, 0.717) is 44.3 Å². The minimum absolute atomic E-state index is 0.173. The molecule has 0 bridgehead atoms. The zero-order valence-corrected chi connectivity index (χ0v) is 16.0. The highest BCUT2D eigenvalue weighted by Gasteiger charge is 2.38. The van der Waals surface area contributed by atoms with Gasteiger partial charge in [0.05, 0.1) is 31.1 Å². The molecule has 142 valence electrons. The lowest BCUT2D eigenvalue weighted by Crippen LogP contribution is -3.19. The molecule has 2 heterocycles. The SMILES string of the molecule is C[C@H](C(=O)N1CCNC1=O)[NH+]1CCN(S(=O)(=O)c2cccc(Cl)c2)CC1. The summed E-state index contributed by atoms with van der Waals surface area (Å²) in [5, 5.41) is 2.99. The first-order valence-electron chi connectivity index (χ1n) is 8.50. The number of halogens is 1. The van der Waals surface area contributed by atoms with Crippen LogP contribution in [-0.2, 0) is 14.8 Å². The molecule has 0 spiro atoms. The lowest BCUT2D eigenvalue weighted by Gasteiger charge is -2.34. The Kier molecular flexibility index (Phi) is 5.52. The fourth-order valence-electron chi connectivity index (χ4n) is 3.31.